The molecule has 0 saturated carbocycles. The second kappa shape index (κ2) is 4.30. The van der Waals surface area contributed by atoms with Crippen molar-refractivity contribution in [2.24, 2.45) is 5.92 Å². The van der Waals surface area contributed by atoms with Crippen molar-refractivity contribution < 1.29 is 27.4 Å². The van der Waals surface area contributed by atoms with Crippen LogP contribution >= 0.6 is 0 Å². The van der Waals surface area contributed by atoms with Crippen molar-refractivity contribution in [3.8, 4) is 0 Å². The van der Waals surface area contributed by atoms with Gasteiger partial charge in [0.25, 0.3) is 0 Å². The summed E-state index contributed by atoms with van der Waals surface area (Å²) in [5.41, 5.74) is 0. The molecule has 0 saturated heterocycles. The second-order valence-electron chi connectivity index (χ2n) is 2.07. The van der Waals surface area contributed by atoms with Crippen LogP contribution in [0.3, 0.4) is 0 Å². The van der Waals surface area contributed by atoms with Gasteiger partial charge in [0, 0.05) is 7.11 Å². The van der Waals surface area contributed by atoms with Crippen molar-refractivity contribution in [3.05, 3.63) is 0 Å². The van der Waals surface area contributed by atoms with E-state index in [1.54, 1.807) is 0 Å². The van der Waals surface area contributed by atoms with E-state index in [1.165, 1.54) is 0 Å². The third-order valence-corrected chi connectivity index (χ3v) is 1.21. The van der Waals surface area contributed by atoms with Crippen LogP contribution in [0, 0.1) is 5.92 Å². The van der Waals surface area contributed by atoms with Crippen LogP contribution in [-0.4, -0.2) is 33.0 Å². The lowest BCUT2D eigenvalue weighted by molar-refractivity contribution is -0.203. The van der Waals surface area contributed by atoms with Crippen molar-refractivity contribution in [1.82, 2.24) is 0 Å². The summed E-state index contributed by atoms with van der Waals surface area (Å²) >= 11 is 0. The number of alkyl halides is 3. The number of hydrogen-bond acceptors (Lipinski definition) is 3. The monoisotopic (exact) mass is 186 g/mol. The van der Waals surface area contributed by atoms with E-state index in [9.17, 15) is 18.0 Å². The lowest BCUT2D eigenvalue weighted by Crippen LogP contribution is -2.35. The first kappa shape index (κ1) is 11.2. The molecule has 0 aliphatic rings. The number of rotatable bonds is 3. The van der Waals surface area contributed by atoms with Gasteiger partial charge in [0.2, 0.25) is 0 Å². The number of hydrogen-bond donors (Lipinski definition) is 0. The number of carbonyl (C=O) groups is 1. The van der Waals surface area contributed by atoms with Gasteiger partial charge in [-0.05, 0) is 0 Å². The first-order chi connectivity index (χ1) is 5.43. The average Bonchev–Trinajstić information content (AvgIpc) is 1.96. The molecule has 0 fully saturated rings. The molecule has 72 valence electrons. The summed E-state index contributed by atoms with van der Waals surface area (Å²) in [6.45, 7) is -0.712. The van der Waals surface area contributed by atoms with Gasteiger partial charge in [-0.1, -0.05) is 0 Å². The van der Waals surface area contributed by atoms with Crippen LogP contribution in [0.25, 0.3) is 0 Å². The van der Waals surface area contributed by atoms with Crippen molar-refractivity contribution in [2.45, 2.75) is 6.18 Å². The minimum Gasteiger partial charge on any atom is -0.468 e. The lowest BCUT2D eigenvalue weighted by atomic mass is 10.1. The van der Waals surface area contributed by atoms with E-state index < -0.39 is 24.7 Å². The summed E-state index contributed by atoms with van der Waals surface area (Å²) < 4.78 is 44.1. The maximum Gasteiger partial charge on any atom is 0.404 e. The molecule has 0 aliphatic carbocycles. The van der Waals surface area contributed by atoms with Gasteiger partial charge in [0.15, 0.2) is 5.92 Å². The smallest absolute Gasteiger partial charge is 0.404 e. The molecule has 0 radical (unpaired) electrons. The zero-order valence-electron chi connectivity index (χ0n) is 6.64. The van der Waals surface area contributed by atoms with Gasteiger partial charge >= 0.3 is 12.1 Å². The molecule has 0 unspecified atom stereocenters. The number of carbonyl (C=O) groups excluding carboxylic acids is 1. The molecule has 0 aromatic rings. The molecular formula is C6H9F3O3. The lowest BCUT2D eigenvalue weighted by Gasteiger charge is -2.16. The summed E-state index contributed by atoms with van der Waals surface area (Å²) in [5, 5.41) is 0. The van der Waals surface area contributed by atoms with Gasteiger partial charge in [-0.25, -0.2) is 0 Å². The van der Waals surface area contributed by atoms with Gasteiger partial charge in [0.1, 0.15) is 0 Å². The third kappa shape index (κ3) is 3.08. The van der Waals surface area contributed by atoms with E-state index in [2.05, 4.69) is 9.47 Å². The van der Waals surface area contributed by atoms with Crippen LogP contribution in [-0.2, 0) is 14.3 Å². The molecule has 0 heterocycles. The topological polar surface area (TPSA) is 35.5 Å². The highest BCUT2D eigenvalue weighted by molar-refractivity contribution is 5.73. The SMILES string of the molecule is COC[C@H](C(=O)OC)C(F)(F)F. The van der Waals surface area contributed by atoms with Gasteiger partial charge in [-0.3, -0.25) is 4.79 Å². The molecule has 0 amide bonds. The molecule has 0 aromatic heterocycles. The van der Waals surface area contributed by atoms with E-state index in [-0.39, 0.29) is 0 Å². The van der Waals surface area contributed by atoms with E-state index in [0.717, 1.165) is 14.2 Å². The molecule has 0 N–H and O–H groups in total. The molecule has 3 nitrogen and oxygen atoms in total. The van der Waals surface area contributed by atoms with E-state index >= 15 is 0 Å². The minimum absolute atomic E-state index is 0.712. The first-order valence-corrected chi connectivity index (χ1v) is 3.07. The molecule has 6 heteroatoms. The van der Waals surface area contributed by atoms with Crippen LogP contribution in [0.2, 0.25) is 0 Å². The molecule has 0 spiro atoms. The molecule has 0 aromatic carbocycles. The van der Waals surface area contributed by atoms with Crippen molar-refractivity contribution in [1.29, 1.82) is 0 Å². The summed E-state index contributed by atoms with van der Waals surface area (Å²) in [6, 6.07) is 0. The fraction of sp³-hybridized carbons (Fsp3) is 0.833. The Bertz CT molecular complexity index is 155. The molecule has 0 bridgehead atoms. The fourth-order valence-corrected chi connectivity index (χ4v) is 0.605. The number of esters is 1. The predicted molar refractivity (Wildman–Crippen MR) is 33.4 cm³/mol. The minimum atomic E-state index is -4.61. The van der Waals surface area contributed by atoms with Gasteiger partial charge in [-0.15, -0.1) is 0 Å². The van der Waals surface area contributed by atoms with Gasteiger partial charge in [-0.2, -0.15) is 13.2 Å². The highest BCUT2D eigenvalue weighted by Crippen LogP contribution is 2.27. The average molecular weight is 186 g/mol. The fourth-order valence-electron chi connectivity index (χ4n) is 0.605. The molecule has 12 heavy (non-hydrogen) atoms. The Labute approximate surface area is 67.4 Å². The van der Waals surface area contributed by atoms with Crippen LogP contribution in [0.1, 0.15) is 0 Å². The summed E-state index contributed by atoms with van der Waals surface area (Å²) in [5.74, 6) is -3.52. The molecule has 1 atom stereocenters. The second-order valence-corrected chi connectivity index (χ2v) is 2.07. The van der Waals surface area contributed by atoms with Crippen molar-refractivity contribution in [2.75, 3.05) is 20.8 Å². The Hall–Kier alpha value is -0.780. The Balaban J connectivity index is 4.33. The van der Waals surface area contributed by atoms with Crippen molar-refractivity contribution >= 4 is 5.97 Å². The van der Waals surface area contributed by atoms with Crippen molar-refractivity contribution in [3.63, 3.8) is 0 Å². The quantitative estimate of drug-likeness (QED) is 0.616. The first-order valence-electron chi connectivity index (χ1n) is 3.07. The number of ether oxygens (including phenoxy) is 2. The normalized spacial score (nSPS) is 14.1. The predicted octanol–water partition coefficient (Wildman–Crippen LogP) is 0.984. The largest absolute Gasteiger partial charge is 0.468 e. The van der Waals surface area contributed by atoms with Crippen LogP contribution in [0.5, 0.6) is 0 Å². The zero-order chi connectivity index (χ0) is 9.78. The number of halogens is 3. The third-order valence-electron chi connectivity index (χ3n) is 1.21. The van der Waals surface area contributed by atoms with E-state index in [4.69, 9.17) is 0 Å². The molecule has 0 aliphatic heterocycles. The summed E-state index contributed by atoms with van der Waals surface area (Å²) in [6.07, 6.45) is -4.61. The van der Waals surface area contributed by atoms with E-state index in [0.29, 0.717) is 0 Å². The maximum atomic E-state index is 12.0. The highest BCUT2D eigenvalue weighted by Gasteiger charge is 2.45. The summed E-state index contributed by atoms with van der Waals surface area (Å²) in [4.78, 5) is 10.5. The Kier molecular flexibility index (Phi) is 4.02. The van der Waals surface area contributed by atoms with Crippen LogP contribution < -0.4 is 0 Å². The standard InChI is InChI=1S/C6H9F3O3/c1-11-3-4(5(10)12-2)6(7,8)9/h4H,3H2,1-2H3/t4-/m1/s1. The highest BCUT2D eigenvalue weighted by atomic mass is 19.4. The zero-order valence-corrected chi connectivity index (χ0v) is 6.64. The molecule has 0 rings (SSSR count). The Morgan fingerprint density at radius 1 is 1.42 bits per heavy atom. The van der Waals surface area contributed by atoms with Crippen LogP contribution in [0.4, 0.5) is 13.2 Å². The Morgan fingerprint density at radius 2 is 1.92 bits per heavy atom. The molecular weight excluding hydrogens is 177 g/mol. The van der Waals surface area contributed by atoms with Crippen LogP contribution in [0.15, 0.2) is 0 Å². The summed E-state index contributed by atoms with van der Waals surface area (Å²) in [7, 11) is 1.98. The number of methoxy groups -OCH3 is 2. The van der Waals surface area contributed by atoms with Gasteiger partial charge in [0.05, 0.1) is 13.7 Å². The van der Waals surface area contributed by atoms with Gasteiger partial charge < -0.3 is 9.47 Å². The van der Waals surface area contributed by atoms with E-state index in [1.807, 2.05) is 0 Å². The maximum absolute atomic E-state index is 12.0. The Morgan fingerprint density at radius 3 is 2.17 bits per heavy atom.